The molecule has 0 spiro atoms. The van der Waals surface area contributed by atoms with Gasteiger partial charge in [-0.15, -0.1) is 0 Å². The van der Waals surface area contributed by atoms with Gasteiger partial charge < -0.3 is 0 Å². The summed E-state index contributed by atoms with van der Waals surface area (Å²) in [5, 5.41) is 0. The zero-order valence-corrected chi connectivity index (χ0v) is 9.33. The smallest absolute Gasteiger partial charge is 0.0980 e. The Bertz CT molecular complexity index is 307. The van der Waals surface area contributed by atoms with E-state index in [-0.39, 0.29) is 6.17 Å². The minimum absolute atomic E-state index is 0.0781. The van der Waals surface area contributed by atoms with E-state index in [4.69, 9.17) is 5.84 Å². The summed E-state index contributed by atoms with van der Waals surface area (Å²) >= 11 is 0. The zero-order chi connectivity index (χ0) is 10.7. The quantitative estimate of drug-likeness (QED) is 0.432. The Kier molecular flexibility index (Phi) is 3.63. The van der Waals surface area contributed by atoms with Gasteiger partial charge in [0.1, 0.15) is 0 Å². The van der Waals surface area contributed by atoms with Crippen molar-refractivity contribution in [2.45, 2.75) is 20.0 Å². The molecule has 1 unspecified atom stereocenters. The highest BCUT2D eigenvalue weighted by atomic mass is 15.4. The second kappa shape index (κ2) is 4.55. The first-order valence-electron chi connectivity index (χ1n) is 4.76. The summed E-state index contributed by atoms with van der Waals surface area (Å²) in [6, 6.07) is 6.39. The van der Waals surface area contributed by atoms with Crippen LogP contribution in [0.3, 0.4) is 0 Å². The highest BCUT2D eigenvalue weighted by Crippen LogP contribution is 2.17. The molecule has 3 heteroatoms. The number of nitrogens with two attached hydrogens (primary N) is 1. The Morgan fingerprint density at radius 3 is 2.29 bits per heavy atom. The van der Waals surface area contributed by atoms with Crippen LogP contribution in [0.2, 0.25) is 0 Å². The Hall–Kier alpha value is -0.900. The van der Waals surface area contributed by atoms with Gasteiger partial charge >= 0.3 is 0 Å². The van der Waals surface area contributed by atoms with Gasteiger partial charge in [0, 0.05) is 0 Å². The van der Waals surface area contributed by atoms with Gasteiger partial charge in [-0.3, -0.25) is 10.7 Å². The van der Waals surface area contributed by atoms with Gasteiger partial charge in [0.15, 0.2) is 0 Å². The molecule has 1 aromatic rings. The fourth-order valence-corrected chi connectivity index (χ4v) is 1.48. The number of benzene rings is 1. The summed E-state index contributed by atoms with van der Waals surface area (Å²) in [5.41, 5.74) is 6.59. The first kappa shape index (κ1) is 11.2. The lowest BCUT2D eigenvalue weighted by atomic mass is 10.0. The van der Waals surface area contributed by atoms with Crippen molar-refractivity contribution < 1.29 is 0 Å². The minimum Gasteiger partial charge on any atom is -0.289 e. The molecule has 1 aromatic carbocycles. The van der Waals surface area contributed by atoms with E-state index >= 15 is 0 Å². The molecule has 0 bridgehead atoms. The monoisotopic (exact) mass is 193 g/mol. The van der Waals surface area contributed by atoms with Crippen LogP contribution in [-0.4, -0.2) is 19.0 Å². The molecule has 0 aliphatic rings. The van der Waals surface area contributed by atoms with Crippen LogP contribution in [0.25, 0.3) is 0 Å². The number of hydrogen-bond donors (Lipinski definition) is 2. The van der Waals surface area contributed by atoms with E-state index in [0.717, 1.165) is 0 Å². The summed E-state index contributed by atoms with van der Waals surface area (Å²) in [6.07, 6.45) is 0.0781. The molecule has 78 valence electrons. The number of hydrogen-bond acceptors (Lipinski definition) is 3. The minimum atomic E-state index is 0.0781. The molecule has 0 fully saturated rings. The molecule has 0 aliphatic carbocycles. The second-order valence-electron chi connectivity index (χ2n) is 3.88. The van der Waals surface area contributed by atoms with Crippen LogP contribution >= 0.6 is 0 Å². The predicted octanol–water partition coefficient (Wildman–Crippen LogP) is 1.33. The third kappa shape index (κ3) is 2.32. The van der Waals surface area contributed by atoms with Crippen molar-refractivity contribution in [1.29, 1.82) is 0 Å². The van der Waals surface area contributed by atoms with E-state index in [0.29, 0.717) is 0 Å². The van der Waals surface area contributed by atoms with Crippen molar-refractivity contribution in [1.82, 2.24) is 10.3 Å². The number of aryl methyl sites for hydroxylation is 2. The van der Waals surface area contributed by atoms with Crippen molar-refractivity contribution >= 4 is 0 Å². The molecular formula is C11H19N3. The first-order valence-corrected chi connectivity index (χ1v) is 4.76. The molecule has 0 aliphatic heterocycles. The van der Waals surface area contributed by atoms with Crippen LogP contribution in [0.4, 0.5) is 0 Å². The highest BCUT2D eigenvalue weighted by Gasteiger charge is 2.11. The lowest BCUT2D eigenvalue weighted by molar-refractivity contribution is 0.253. The number of hydrazine groups is 1. The highest BCUT2D eigenvalue weighted by molar-refractivity contribution is 5.31. The van der Waals surface area contributed by atoms with E-state index < -0.39 is 0 Å². The van der Waals surface area contributed by atoms with Gasteiger partial charge in [-0.1, -0.05) is 18.2 Å². The van der Waals surface area contributed by atoms with Crippen LogP contribution in [0.5, 0.6) is 0 Å². The standard InChI is InChI=1S/C11H19N3/c1-8-5-6-10(7-9(8)2)11(13-12)14(3)4/h5-7,11,13H,12H2,1-4H3. The topological polar surface area (TPSA) is 41.3 Å². The van der Waals surface area contributed by atoms with Gasteiger partial charge in [-0.2, -0.15) is 0 Å². The fourth-order valence-electron chi connectivity index (χ4n) is 1.48. The molecule has 3 nitrogen and oxygen atoms in total. The summed E-state index contributed by atoms with van der Waals surface area (Å²) in [6.45, 7) is 4.22. The average Bonchev–Trinajstić information content (AvgIpc) is 2.11. The first-order chi connectivity index (χ1) is 6.56. The summed E-state index contributed by atoms with van der Waals surface area (Å²) in [5.74, 6) is 5.50. The van der Waals surface area contributed by atoms with E-state index in [1.54, 1.807) is 0 Å². The third-order valence-corrected chi connectivity index (χ3v) is 2.52. The third-order valence-electron chi connectivity index (χ3n) is 2.52. The maximum Gasteiger partial charge on any atom is 0.0980 e. The van der Waals surface area contributed by atoms with Crippen molar-refractivity contribution in [3.63, 3.8) is 0 Å². The molecule has 0 heterocycles. The van der Waals surface area contributed by atoms with E-state index in [2.05, 4.69) is 37.5 Å². The molecule has 0 radical (unpaired) electrons. The van der Waals surface area contributed by atoms with Gasteiger partial charge in [0.05, 0.1) is 6.17 Å². The zero-order valence-electron chi connectivity index (χ0n) is 9.33. The van der Waals surface area contributed by atoms with Crippen LogP contribution in [0.1, 0.15) is 22.9 Å². The Morgan fingerprint density at radius 1 is 1.21 bits per heavy atom. The van der Waals surface area contributed by atoms with E-state index in [1.165, 1.54) is 16.7 Å². The molecule has 1 rings (SSSR count). The van der Waals surface area contributed by atoms with Crippen LogP contribution in [0.15, 0.2) is 18.2 Å². The lowest BCUT2D eigenvalue weighted by Gasteiger charge is -2.24. The van der Waals surface area contributed by atoms with E-state index in [9.17, 15) is 0 Å². The lowest BCUT2D eigenvalue weighted by Crippen LogP contribution is -2.37. The number of nitrogens with one attached hydrogen (secondary N) is 1. The second-order valence-corrected chi connectivity index (χ2v) is 3.88. The largest absolute Gasteiger partial charge is 0.289 e. The number of nitrogens with zero attached hydrogens (tertiary/aromatic N) is 1. The van der Waals surface area contributed by atoms with Gasteiger partial charge in [0.2, 0.25) is 0 Å². The molecule has 14 heavy (non-hydrogen) atoms. The molecule has 0 aromatic heterocycles. The summed E-state index contributed by atoms with van der Waals surface area (Å²) < 4.78 is 0. The van der Waals surface area contributed by atoms with Crippen LogP contribution in [0, 0.1) is 13.8 Å². The van der Waals surface area contributed by atoms with Gasteiger partial charge in [-0.25, -0.2) is 5.43 Å². The normalized spacial score (nSPS) is 13.3. The molecule has 0 saturated heterocycles. The van der Waals surface area contributed by atoms with Gasteiger partial charge in [0.25, 0.3) is 0 Å². The van der Waals surface area contributed by atoms with Crippen molar-refractivity contribution in [3.05, 3.63) is 34.9 Å². The molecule has 1 atom stereocenters. The van der Waals surface area contributed by atoms with Crippen LogP contribution < -0.4 is 11.3 Å². The van der Waals surface area contributed by atoms with Crippen molar-refractivity contribution in [3.8, 4) is 0 Å². The van der Waals surface area contributed by atoms with Gasteiger partial charge in [-0.05, 0) is 44.6 Å². The summed E-state index contributed by atoms with van der Waals surface area (Å²) in [7, 11) is 4.00. The van der Waals surface area contributed by atoms with Crippen molar-refractivity contribution in [2.75, 3.05) is 14.1 Å². The Balaban J connectivity index is 3.00. The molecule has 3 N–H and O–H groups in total. The molecule has 0 amide bonds. The maximum absolute atomic E-state index is 5.50. The van der Waals surface area contributed by atoms with E-state index in [1.807, 2.05) is 19.0 Å². The fraction of sp³-hybridized carbons (Fsp3) is 0.455. The van der Waals surface area contributed by atoms with Crippen molar-refractivity contribution in [2.24, 2.45) is 5.84 Å². The predicted molar refractivity (Wildman–Crippen MR) is 59.7 cm³/mol. The molecule has 0 saturated carbocycles. The SMILES string of the molecule is Cc1ccc(C(NN)N(C)C)cc1C. The Labute approximate surface area is 85.9 Å². The summed E-state index contributed by atoms with van der Waals surface area (Å²) in [4.78, 5) is 2.05. The van der Waals surface area contributed by atoms with Crippen LogP contribution in [-0.2, 0) is 0 Å². The average molecular weight is 193 g/mol. The Morgan fingerprint density at radius 2 is 1.86 bits per heavy atom. The maximum atomic E-state index is 5.50. The number of rotatable bonds is 3. The molecular weight excluding hydrogens is 174 g/mol.